The second kappa shape index (κ2) is 11.6. The van der Waals surface area contributed by atoms with E-state index < -0.39 is 6.36 Å². The van der Waals surface area contributed by atoms with Crippen LogP contribution in [0.3, 0.4) is 0 Å². The van der Waals surface area contributed by atoms with Gasteiger partial charge in [0, 0.05) is 31.3 Å². The summed E-state index contributed by atoms with van der Waals surface area (Å²) in [5, 5.41) is 0. The van der Waals surface area contributed by atoms with Gasteiger partial charge in [-0.3, -0.25) is 4.79 Å². The molecule has 0 unspecified atom stereocenters. The van der Waals surface area contributed by atoms with Crippen LogP contribution < -0.4 is 4.74 Å². The molecule has 0 spiro atoms. The second-order valence-electron chi connectivity index (χ2n) is 8.99. The van der Waals surface area contributed by atoms with E-state index in [1.807, 2.05) is 48.2 Å². The number of rotatable bonds is 8. The van der Waals surface area contributed by atoms with Crippen LogP contribution in [0.2, 0.25) is 0 Å². The molecule has 1 heterocycles. The number of hydrogen-bond acceptors (Lipinski definition) is 3. The third-order valence-corrected chi connectivity index (χ3v) is 6.59. The molecule has 1 aliphatic rings. The van der Waals surface area contributed by atoms with Crippen molar-refractivity contribution in [3.05, 3.63) is 102 Å². The summed E-state index contributed by atoms with van der Waals surface area (Å²) in [6.45, 7) is 3.14. The maximum Gasteiger partial charge on any atom is 0.573 e. The molecule has 1 saturated heterocycles. The number of carbonyl (C=O) groups excluding carboxylic acids is 1. The zero-order valence-corrected chi connectivity index (χ0v) is 20.2. The van der Waals surface area contributed by atoms with Crippen LogP contribution in [0.1, 0.15) is 42.4 Å². The molecule has 7 heteroatoms. The Bertz CT molecular complexity index is 1080. The number of hydrogen-bond donors (Lipinski definition) is 0. The Morgan fingerprint density at radius 1 is 0.972 bits per heavy atom. The van der Waals surface area contributed by atoms with Gasteiger partial charge >= 0.3 is 6.36 Å². The minimum Gasteiger partial charge on any atom is -0.406 e. The van der Waals surface area contributed by atoms with Crippen molar-refractivity contribution in [1.82, 2.24) is 4.90 Å². The summed E-state index contributed by atoms with van der Waals surface area (Å²) in [6.07, 6.45) is -3.86. The van der Waals surface area contributed by atoms with Crippen LogP contribution in [0.4, 0.5) is 13.2 Å². The molecule has 4 nitrogen and oxygen atoms in total. The Morgan fingerprint density at radius 3 is 2.19 bits per heavy atom. The van der Waals surface area contributed by atoms with Gasteiger partial charge in [0.15, 0.2) is 0 Å². The van der Waals surface area contributed by atoms with E-state index in [-0.39, 0.29) is 36.2 Å². The van der Waals surface area contributed by atoms with E-state index >= 15 is 0 Å². The zero-order valence-electron chi connectivity index (χ0n) is 20.2. The molecule has 4 rings (SSSR count). The van der Waals surface area contributed by atoms with E-state index in [9.17, 15) is 18.0 Å². The van der Waals surface area contributed by atoms with Crippen molar-refractivity contribution < 1.29 is 27.4 Å². The SMILES string of the molecule is CCC(=O)N1CC[C@H](OCc2cccc(OC(F)(F)F)c2)[C@H](C(c2ccccc2)c2ccccc2)C1. The van der Waals surface area contributed by atoms with Crippen LogP contribution >= 0.6 is 0 Å². The number of halogens is 3. The van der Waals surface area contributed by atoms with E-state index in [2.05, 4.69) is 29.0 Å². The molecular weight excluding hydrogens is 467 g/mol. The van der Waals surface area contributed by atoms with Gasteiger partial charge in [-0.25, -0.2) is 0 Å². The first-order chi connectivity index (χ1) is 17.3. The Hall–Kier alpha value is -3.32. The van der Waals surface area contributed by atoms with Gasteiger partial charge in [-0.1, -0.05) is 79.7 Å². The number of alkyl halides is 3. The van der Waals surface area contributed by atoms with Crippen LogP contribution in [0.25, 0.3) is 0 Å². The maximum absolute atomic E-state index is 12.7. The first-order valence-corrected chi connectivity index (χ1v) is 12.2. The molecule has 3 aromatic carbocycles. The van der Waals surface area contributed by atoms with E-state index in [0.717, 1.165) is 11.1 Å². The van der Waals surface area contributed by atoms with Gasteiger partial charge < -0.3 is 14.4 Å². The van der Waals surface area contributed by atoms with E-state index in [0.29, 0.717) is 31.5 Å². The fourth-order valence-corrected chi connectivity index (χ4v) is 4.98. The molecular formula is C29H30F3NO3. The molecule has 1 amide bonds. The van der Waals surface area contributed by atoms with Crippen molar-refractivity contribution in [2.24, 2.45) is 5.92 Å². The number of likely N-dealkylation sites (tertiary alicyclic amines) is 1. The summed E-state index contributed by atoms with van der Waals surface area (Å²) in [7, 11) is 0. The topological polar surface area (TPSA) is 38.8 Å². The second-order valence-corrected chi connectivity index (χ2v) is 8.99. The van der Waals surface area contributed by atoms with Crippen molar-refractivity contribution in [1.29, 1.82) is 0 Å². The van der Waals surface area contributed by atoms with Crippen molar-refractivity contribution >= 4 is 5.91 Å². The van der Waals surface area contributed by atoms with Crippen LogP contribution in [-0.4, -0.2) is 36.4 Å². The van der Waals surface area contributed by atoms with Gasteiger partial charge in [0.1, 0.15) is 5.75 Å². The van der Waals surface area contributed by atoms with Crippen LogP contribution in [0.15, 0.2) is 84.9 Å². The van der Waals surface area contributed by atoms with Gasteiger partial charge in [0.2, 0.25) is 5.91 Å². The zero-order chi connectivity index (χ0) is 25.5. The molecule has 0 saturated carbocycles. The van der Waals surface area contributed by atoms with E-state index in [4.69, 9.17) is 4.74 Å². The van der Waals surface area contributed by atoms with E-state index in [1.165, 1.54) is 18.2 Å². The monoisotopic (exact) mass is 497 g/mol. The number of amides is 1. The highest BCUT2D eigenvalue weighted by Crippen LogP contribution is 2.39. The van der Waals surface area contributed by atoms with Gasteiger partial charge in [-0.05, 0) is 35.2 Å². The van der Waals surface area contributed by atoms with Gasteiger partial charge in [-0.2, -0.15) is 0 Å². The summed E-state index contributed by atoms with van der Waals surface area (Å²) in [6, 6.07) is 26.2. The van der Waals surface area contributed by atoms with Crippen molar-refractivity contribution in [2.45, 2.75) is 44.8 Å². The van der Waals surface area contributed by atoms with Gasteiger partial charge in [0.05, 0.1) is 12.7 Å². The molecule has 0 N–H and O–H groups in total. The summed E-state index contributed by atoms with van der Waals surface area (Å²) >= 11 is 0. The largest absolute Gasteiger partial charge is 0.573 e. The molecule has 0 aromatic heterocycles. The van der Waals surface area contributed by atoms with Crippen molar-refractivity contribution in [3.63, 3.8) is 0 Å². The molecule has 0 aliphatic carbocycles. The van der Waals surface area contributed by atoms with Crippen molar-refractivity contribution in [2.75, 3.05) is 13.1 Å². The third kappa shape index (κ3) is 6.66. The lowest BCUT2D eigenvalue weighted by Gasteiger charge is -2.42. The number of nitrogens with zero attached hydrogens (tertiary/aromatic N) is 1. The molecule has 0 bridgehead atoms. The quantitative estimate of drug-likeness (QED) is 0.354. The normalized spacial score (nSPS) is 18.3. The first kappa shape index (κ1) is 25.8. The highest BCUT2D eigenvalue weighted by Gasteiger charge is 2.38. The highest BCUT2D eigenvalue weighted by molar-refractivity contribution is 5.76. The highest BCUT2D eigenvalue weighted by atomic mass is 19.4. The summed E-state index contributed by atoms with van der Waals surface area (Å²) < 4.78 is 48.4. The van der Waals surface area contributed by atoms with Crippen molar-refractivity contribution in [3.8, 4) is 5.75 Å². The minimum atomic E-state index is -4.75. The summed E-state index contributed by atoms with van der Waals surface area (Å²) in [5.41, 5.74) is 2.86. The average Bonchev–Trinajstić information content (AvgIpc) is 2.88. The number of benzene rings is 3. The molecule has 36 heavy (non-hydrogen) atoms. The predicted octanol–water partition coefficient (Wildman–Crippen LogP) is 6.56. The Balaban J connectivity index is 1.61. The predicted molar refractivity (Wildman–Crippen MR) is 131 cm³/mol. The first-order valence-electron chi connectivity index (χ1n) is 12.2. The Labute approximate surface area is 209 Å². The fourth-order valence-electron chi connectivity index (χ4n) is 4.98. The lowest BCUT2D eigenvalue weighted by molar-refractivity contribution is -0.274. The Kier molecular flexibility index (Phi) is 8.31. The summed E-state index contributed by atoms with van der Waals surface area (Å²) in [5.74, 6) is -0.205. The van der Waals surface area contributed by atoms with Gasteiger partial charge in [-0.15, -0.1) is 13.2 Å². The fraction of sp³-hybridized carbons (Fsp3) is 0.345. The lowest BCUT2D eigenvalue weighted by Crippen LogP contribution is -2.48. The van der Waals surface area contributed by atoms with Crippen LogP contribution in [0.5, 0.6) is 5.75 Å². The number of piperidine rings is 1. The summed E-state index contributed by atoms with van der Waals surface area (Å²) in [4.78, 5) is 14.5. The van der Waals surface area contributed by atoms with E-state index in [1.54, 1.807) is 6.07 Å². The standard InChI is InChI=1S/C29H30F3NO3/c1-2-27(34)33-17-16-26(35-20-21-10-9-15-24(18-21)36-29(30,31)32)25(19-33)28(22-11-5-3-6-12-22)23-13-7-4-8-14-23/h3-15,18,25-26,28H,2,16-17,19-20H2,1H3/t25-,26+/m1/s1. The molecule has 1 fully saturated rings. The smallest absolute Gasteiger partial charge is 0.406 e. The Morgan fingerprint density at radius 2 is 1.61 bits per heavy atom. The maximum atomic E-state index is 12.7. The molecule has 1 aliphatic heterocycles. The van der Waals surface area contributed by atoms with Crippen LogP contribution in [-0.2, 0) is 16.1 Å². The molecule has 190 valence electrons. The third-order valence-electron chi connectivity index (χ3n) is 6.59. The minimum absolute atomic E-state index is 0.00949. The number of carbonyl (C=O) groups is 1. The molecule has 3 aromatic rings. The van der Waals surface area contributed by atoms with Gasteiger partial charge in [0.25, 0.3) is 0 Å². The molecule has 0 radical (unpaired) electrons. The molecule has 2 atom stereocenters. The number of ether oxygens (including phenoxy) is 2. The lowest BCUT2D eigenvalue weighted by atomic mass is 9.75. The van der Waals surface area contributed by atoms with Crippen LogP contribution in [0, 0.1) is 5.92 Å². The average molecular weight is 498 g/mol.